The molecule has 0 amide bonds. The monoisotopic (exact) mass is 303 g/mol. The lowest BCUT2D eigenvalue weighted by molar-refractivity contribution is 0.554. The second-order valence-electron chi connectivity index (χ2n) is 5.66. The molecule has 4 heteroatoms. The molecule has 0 atom stereocenters. The highest BCUT2D eigenvalue weighted by atomic mass is 32.1. The molecule has 1 aromatic heterocycles. The Morgan fingerprint density at radius 3 is 2.71 bits per heavy atom. The van der Waals surface area contributed by atoms with Crippen LogP contribution in [0.15, 0.2) is 30.5 Å². The zero-order chi connectivity index (χ0) is 15.2. The summed E-state index contributed by atoms with van der Waals surface area (Å²) in [5.74, 6) is 0.677. The van der Waals surface area contributed by atoms with E-state index >= 15 is 0 Å². The number of hydrogen-bond acceptors (Lipinski definition) is 4. The van der Waals surface area contributed by atoms with E-state index < -0.39 is 0 Å². The van der Waals surface area contributed by atoms with Crippen molar-refractivity contribution >= 4 is 22.2 Å². The van der Waals surface area contributed by atoms with Gasteiger partial charge in [0, 0.05) is 29.9 Å². The number of nitrogens with zero attached hydrogens (tertiary/aromatic N) is 2. The van der Waals surface area contributed by atoms with Crippen molar-refractivity contribution < 1.29 is 0 Å². The summed E-state index contributed by atoms with van der Waals surface area (Å²) < 4.78 is 0. The number of benzene rings is 1. The van der Waals surface area contributed by atoms with E-state index in [0.29, 0.717) is 5.92 Å². The molecule has 3 nitrogen and oxygen atoms in total. The van der Waals surface area contributed by atoms with Gasteiger partial charge in [0.2, 0.25) is 0 Å². The fourth-order valence-corrected chi connectivity index (χ4v) is 3.22. The lowest BCUT2D eigenvalue weighted by Crippen LogP contribution is -2.18. The van der Waals surface area contributed by atoms with Gasteiger partial charge in [-0.25, -0.2) is 4.98 Å². The van der Waals surface area contributed by atoms with Gasteiger partial charge in [0.05, 0.1) is 0 Å². The van der Waals surface area contributed by atoms with Gasteiger partial charge in [-0.3, -0.25) is 0 Å². The van der Waals surface area contributed by atoms with Crippen molar-refractivity contribution in [3.05, 3.63) is 40.9 Å². The highest BCUT2D eigenvalue weighted by Crippen LogP contribution is 2.31. The number of aryl methyl sites for hydroxylation is 1. The summed E-state index contributed by atoms with van der Waals surface area (Å²) >= 11 is 1.77. The summed E-state index contributed by atoms with van der Waals surface area (Å²) in [6, 6.07) is 8.48. The first-order chi connectivity index (χ1) is 10.1. The molecule has 21 heavy (non-hydrogen) atoms. The first-order valence-electron chi connectivity index (χ1n) is 7.60. The third-order valence-corrected chi connectivity index (χ3v) is 4.37. The second kappa shape index (κ2) is 7.57. The summed E-state index contributed by atoms with van der Waals surface area (Å²) in [6.45, 7) is 11.6. The van der Waals surface area contributed by atoms with Gasteiger partial charge >= 0.3 is 0 Å². The van der Waals surface area contributed by atoms with Crippen molar-refractivity contribution in [2.24, 2.45) is 5.92 Å². The van der Waals surface area contributed by atoms with Crippen LogP contribution in [0.2, 0.25) is 0 Å². The molecule has 0 aliphatic carbocycles. The Balaban J connectivity index is 2.09. The van der Waals surface area contributed by atoms with Crippen LogP contribution in [0.3, 0.4) is 0 Å². The molecule has 114 valence electrons. The third-order valence-electron chi connectivity index (χ3n) is 3.35. The van der Waals surface area contributed by atoms with Crippen LogP contribution in [0.5, 0.6) is 0 Å². The number of thiazole rings is 1. The Morgan fingerprint density at radius 2 is 2.05 bits per heavy atom. The Hall–Kier alpha value is -1.39. The summed E-state index contributed by atoms with van der Waals surface area (Å²) in [6.07, 6.45) is 1.99. The van der Waals surface area contributed by atoms with Gasteiger partial charge in [0.15, 0.2) is 5.13 Å². The molecule has 0 saturated carbocycles. The highest BCUT2D eigenvalue weighted by Gasteiger charge is 2.13. The number of para-hydroxylation sites is 1. The molecule has 0 aliphatic rings. The van der Waals surface area contributed by atoms with Crippen LogP contribution in [0.4, 0.5) is 10.8 Å². The maximum absolute atomic E-state index is 4.61. The van der Waals surface area contributed by atoms with Crippen LogP contribution < -0.4 is 10.2 Å². The van der Waals surface area contributed by atoms with Gasteiger partial charge in [-0.15, -0.1) is 11.3 Å². The zero-order valence-electron chi connectivity index (χ0n) is 13.4. The van der Waals surface area contributed by atoms with Crippen LogP contribution in [-0.2, 0) is 6.54 Å². The van der Waals surface area contributed by atoms with Crippen LogP contribution in [0.25, 0.3) is 0 Å². The SMILES string of the molecule is CCN(c1ncc(CNCC(C)C)s1)c1ccccc1C. The molecule has 0 bridgehead atoms. The van der Waals surface area contributed by atoms with E-state index in [1.165, 1.54) is 16.1 Å². The summed E-state index contributed by atoms with van der Waals surface area (Å²) in [7, 11) is 0. The number of rotatable bonds is 7. The van der Waals surface area contributed by atoms with Crippen LogP contribution >= 0.6 is 11.3 Å². The van der Waals surface area contributed by atoms with Gasteiger partial charge in [0.1, 0.15) is 0 Å². The van der Waals surface area contributed by atoms with Crippen molar-refractivity contribution in [1.29, 1.82) is 0 Å². The van der Waals surface area contributed by atoms with E-state index in [1.54, 1.807) is 11.3 Å². The summed E-state index contributed by atoms with van der Waals surface area (Å²) in [4.78, 5) is 8.18. The molecule has 1 N–H and O–H groups in total. The van der Waals surface area contributed by atoms with Gasteiger partial charge in [0.25, 0.3) is 0 Å². The van der Waals surface area contributed by atoms with Gasteiger partial charge < -0.3 is 10.2 Å². The minimum atomic E-state index is 0.677. The number of hydrogen-bond donors (Lipinski definition) is 1. The molecule has 1 heterocycles. The Labute approximate surface area is 132 Å². The summed E-state index contributed by atoms with van der Waals surface area (Å²) in [5.41, 5.74) is 2.53. The standard InChI is InChI=1S/C17H25N3S/c1-5-20(16-9-7-6-8-14(16)4)17-19-12-15(21-17)11-18-10-13(2)3/h6-9,12-13,18H,5,10-11H2,1-4H3. The fraction of sp³-hybridized carbons (Fsp3) is 0.471. The highest BCUT2D eigenvalue weighted by molar-refractivity contribution is 7.15. The Kier molecular flexibility index (Phi) is 5.76. The predicted molar refractivity (Wildman–Crippen MR) is 92.5 cm³/mol. The van der Waals surface area contributed by atoms with Crippen molar-refractivity contribution in [2.45, 2.75) is 34.2 Å². The lowest BCUT2D eigenvalue weighted by atomic mass is 10.2. The van der Waals surface area contributed by atoms with E-state index in [2.05, 4.69) is 67.2 Å². The maximum Gasteiger partial charge on any atom is 0.190 e. The number of nitrogens with one attached hydrogen (secondary N) is 1. The van der Waals surface area contributed by atoms with E-state index in [1.807, 2.05) is 6.20 Å². The molecule has 0 radical (unpaired) electrons. The van der Waals surface area contributed by atoms with E-state index in [-0.39, 0.29) is 0 Å². The van der Waals surface area contributed by atoms with Crippen LogP contribution in [-0.4, -0.2) is 18.1 Å². The topological polar surface area (TPSA) is 28.2 Å². The molecule has 1 aromatic carbocycles. The molecular weight excluding hydrogens is 278 g/mol. The minimum absolute atomic E-state index is 0.677. The predicted octanol–water partition coefficient (Wildman–Crippen LogP) is 4.36. The first-order valence-corrected chi connectivity index (χ1v) is 8.42. The quantitative estimate of drug-likeness (QED) is 0.824. The lowest BCUT2D eigenvalue weighted by Gasteiger charge is -2.21. The second-order valence-corrected chi connectivity index (χ2v) is 6.76. The van der Waals surface area contributed by atoms with Gasteiger partial charge in [-0.2, -0.15) is 0 Å². The van der Waals surface area contributed by atoms with Gasteiger partial charge in [-0.1, -0.05) is 32.0 Å². The smallest absolute Gasteiger partial charge is 0.190 e. The molecule has 2 rings (SSSR count). The van der Waals surface area contributed by atoms with Crippen molar-refractivity contribution in [3.8, 4) is 0 Å². The van der Waals surface area contributed by atoms with Crippen molar-refractivity contribution in [1.82, 2.24) is 10.3 Å². The Morgan fingerprint density at radius 1 is 1.29 bits per heavy atom. The first kappa shape index (κ1) is 16.0. The van der Waals surface area contributed by atoms with Crippen molar-refractivity contribution in [3.63, 3.8) is 0 Å². The van der Waals surface area contributed by atoms with E-state index in [4.69, 9.17) is 0 Å². The van der Waals surface area contributed by atoms with E-state index in [9.17, 15) is 0 Å². The molecular formula is C17H25N3S. The van der Waals surface area contributed by atoms with Crippen LogP contribution in [0.1, 0.15) is 31.2 Å². The number of anilines is 2. The molecule has 0 spiro atoms. The Bertz CT molecular complexity index is 563. The van der Waals surface area contributed by atoms with E-state index in [0.717, 1.165) is 24.8 Å². The number of aromatic nitrogens is 1. The maximum atomic E-state index is 4.61. The van der Waals surface area contributed by atoms with Crippen LogP contribution in [0, 0.1) is 12.8 Å². The molecule has 2 aromatic rings. The third kappa shape index (κ3) is 4.29. The van der Waals surface area contributed by atoms with Crippen molar-refractivity contribution in [2.75, 3.05) is 18.0 Å². The zero-order valence-corrected chi connectivity index (χ0v) is 14.2. The average Bonchev–Trinajstić information content (AvgIpc) is 2.90. The molecule has 0 aliphatic heterocycles. The van der Waals surface area contributed by atoms with Gasteiger partial charge in [-0.05, 0) is 37.9 Å². The molecule has 0 unspecified atom stereocenters. The normalized spacial score (nSPS) is 11.1. The minimum Gasteiger partial charge on any atom is -0.318 e. The molecule has 0 saturated heterocycles. The summed E-state index contributed by atoms with van der Waals surface area (Å²) in [5, 5.41) is 4.55. The largest absolute Gasteiger partial charge is 0.318 e. The average molecular weight is 303 g/mol. The molecule has 0 fully saturated rings. The fourth-order valence-electron chi connectivity index (χ4n) is 2.26.